The van der Waals surface area contributed by atoms with Gasteiger partial charge < -0.3 is 5.32 Å². The maximum Gasteiger partial charge on any atom is 0.416 e. The third kappa shape index (κ3) is 3.23. The van der Waals surface area contributed by atoms with Crippen molar-refractivity contribution in [1.29, 1.82) is 0 Å². The first kappa shape index (κ1) is 13.0. The lowest BCUT2D eigenvalue weighted by Gasteiger charge is -2.16. The average Bonchev–Trinajstić information content (AvgIpc) is 2.16. The van der Waals surface area contributed by atoms with E-state index in [4.69, 9.17) is 0 Å². The molecule has 1 atom stereocenters. The SMILES string of the molecule is CCNC(C)c1cc(C)cc(C(F)(F)F)c1. The molecule has 0 aliphatic rings. The van der Waals surface area contributed by atoms with Gasteiger partial charge in [0, 0.05) is 6.04 Å². The second kappa shape index (κ2) is 4.87. The number of aryl methyl sites for hydroxylation is 1. The van der Waals surface area contributed by atoms with E-state index in [-0.39, 0.29) is 6.04 Å². The molecule has 1 aromatic carbocycles. The molecule has 1 nitrogen and oxygen atoms in total. The van der Waals surface area contributed by atoms with Crippen LogP contribution in [0.1, 0.15) is 36.6 Å². The molecular weight excluding hydrogens is 215 g/mol. The van der Waals surface area contributed by atoms with Crippen molar-refractivity contribution in [3.63, 3.8) is 0 Å². The first-order valence-corrected chi connectivity index (χ1v) is 5.26. The molecule has 1 aromatic rings. The van der Waals surface area contributed by atoms with Gasteiger partial charge in [0.15, 0.2) is 0 Å². The third-order valence-electron chi connectivity index (χ3n) is 2.44. The molecule has 0 amide bonds. The Hall–Kier alpha value is -1.03. The van der Waals surface area contributed by atoms with Crippen LogP contribution in [0.4, 0.5) is 13.2 Å². The van der Waals surface area contributed by atoms with E-state index in [1.165, 1.54) is 12.1 Å². The lowest BCUT2D eigenvalue weighted by Crippen LogP contribution is -2.18. The van der Waals surface area contributed by atoms with E-state index in [2.05, 4.69) is 5.32 Å². The highest BCUT2D eigenvalue weighted by atomic mass is 19.4. The normalized spacial score (nSPS) is 13.9. The van der Waals surface area contributed by atoms with Crippen LogP contribution in [0.25, 0.3) is 0 Å². The highest BCUT2D eigenvalue weighted by Gasteiger charge is 2.31. The predicted octanol–water partition coefficient (Wildman–Crippen LogP) is 3.68. The van der Waals surface area contributed by atoms with Crippen LogP contribution in [-0.4, -0.2) is 6.54 Å². The molecule has 1 unspecified atom stereocenters. The number of alkyl halides is 3. The topological polar surface area (TPSA) is 12.0 Å². The monoisotopic (exact) mass is 231 g/mol. The van der Waals surface area contributed by atoms with Crippen LogP contribution >= 0.6 is 0 Å². The van der Waals surface area contributed by atoms with Crippen molar-refractivity contribution in [3.05, 3.63) is 34.9 Å². The summed E-state index contributed by atoms with van der Waals surface area (Å²) in [5.41, 5.74) is 0.732. The second-order valence-corrected chi connectivity index (χ2v) is 3.91. The van der Waals surface area contributed by atoms with Crippen molar-refractivity contribution < 1.29 is 13.2 Å². The van der Waals surface area contributed by atoms with Crippen molar-refractivity contribution in [2.75, 3.05) is 6.54 Å². The molecule has 1 N–H and O–H groups in total. The molecule has 0 radical (unpaired) electrons. The van der Waals surface area contributed by atoms with Gasteiger partial charge in [-0.15, -0.1) is 0 Å². The van der Waals surface area contributed by atoms with Gasteiger partial charge in [0.25, 0.3) is 0 Å². The molecule has 0 saturated heterocycles. The molecule has 0 saturated carbocycles. The maximum absolute atomic E-state index is 12.6. The van der Waals surface area contributed by atoms with Gasteiger partial charge in [-0.05, 0) is 38.1 Å². The Balaban J connectivity index is 3.08. The molecule has 0 spiro atoms. The van der Waals surface area contributed by atoms with E-state index >= 15 is 0 Å². The van der Waals surface area contributed by atoms with Crippen LogP contribution in [0.15, 0.2) is 18.2 Å². The zero-order valence-electron chi connectivity index (χ0n) is 9.65. The molecule has 0 aromatic heterocycles. The zero-order valence-corrected chi connectivity index (χ0v) is 9.65. The Labute approximate surface area is 93.7 Å². The number of hydrogen-bond acceptors (Lipinski definition) is 1. The van der Waals surface area contributed by atoms with Gasteiger partial charge in [-0.25, -0.2) is 0 Å². The molecule has 0 bridgehead atoms. The van der Waals surface area contributed by atoms with Gasteiger partial charge in [-0.2, -0.15) is 13.2 Å². The van der Waals surface area contributed by atoms with Gasteiger partial charge in [0.1, 0.15) is 0 Å². The molecule has 16 heavy (non-hydrogen) atoms. The molecular formula is C12H16F3N. The fourth-order valence-corrected chi connectivity index (χ4v) is 1.65. The highest BCUT2D eigenvalue weighted by Crippen LogP contribution is 2.31. The third-order valence-corrected chi connectivity index (χ3v) is 2.44. The molecule has 0 aliphatic carbocycles. The van der Waals surface area contributed by atoms with Gasteiger partial charge in [0.2, 0.25) is 0 Å². The smallest absolute Gasteiger partial charge is 0.310 e. The van der Waals surface area contributed by atoms with Crippen molar-refractivity contribution in [3.8, 4) is 0 Å². The predicted molar refractivity (Wildman–Crippen MR) is 58.3 cm³/mol. The van der Waals surface area contributed by atoms with Crippen LogP contribution < -0.4 is 5.32 Å². The number of rotatable bonds is 3. The van der Waals surface area contributed by atoms with E-state index in [1.54, 1.807) is 13.0 Å². The van der Waals surface area contributed by atoms with Crippen LogP contribution in [-0.2, 0) is 6.18 Å². The fraction of sp³-hybridized carbons (Fsp3) is 0.500. The Morgan fingerprint density at radius 3 is 2.38 bits per heavy atom. The summed E-state index contributed by atoms with van der Waals surface area (Å²) in [4.78, 5) is 0. The number of hydrogen-bond donors (Lipinski definition) is 1. The number of nitrogens with one attached hydrogen (secondary N) is 1. The Kier molecular flexibility index (Phi) is 3.97. The zero-order chi connectivity index (χ0) is 12.3. The molecule has 1 rings (SSSR count). The summed E-state index contributed by atoms with van der Waals surface area (Å²) < 4.78 is 37.7. The summed E-state index contributed by atoms with van der Waals surface area (Å²) in [6, 6.07) is 4.09. The van der Waals surface area contributed by atoms with Gasteiger partial charge in [-0.3, -0.25) is 0 Å². The molecule has 90 valence electrons. The van der Waals surface area contributed by atoms with Crippen LogP contribution in [0, 0.1) is 6.92 Å². The first-order valence-electron chi connectivity index (χ1n) is 5.26. The lowest BCUT2D eigenvalue weighted by atomic mass is 10.0. The van der Waals surface area contributed by atoms with Gasteiger partial charge >= 0.3 is 6.18 Å². The molecule has 0 heterocycles. The van der Waals surface area contributed by atoms with Crippen molar-refractivity contribution in [1.82, 2.24) is 5.32 Å². The Bertz CT molecular complexity index is 358. The van der Waals surface area contributed by atoms with E-state index in [0.717, 1.165) is 6.54 Å². The number of halogens is 3. The largest absolute Gasteiger partial charge is 0.416 e. The van der Waals surface area contributed by atoms with Gasteiger partial charge in [0.05, 0.1) is 5.56 Å². The second-order valence-electron chi connectivity index (χ2n) is 3.91. The van der Waals surface area contributed by atoms with Gasteiger partial charge in [-0.1, -0.05) is 18.6 Å². The van der Waals surface area contributed by atoms with E-state index < -0.39 is 11.7 Å². The Morgan fingerprint density at radius 2 is 1.88 bits per heavy atom. The van der Waals surface area contributed by atoms with Crippen molar-refractivity contribution >= 4 is 0 Å². The molecule has 4 heteroatoms. The van der Waals surface area contributed by atoms with Crippen molar-refractivity contribution in [2.45, 2.75) is 33.0 Å². The lowest BCUT2D eigenvalue weighted by molar-refractivity contribution is -0.137. The molecule has 0 aliphatic heterocycles. The fourth-order valence-electron chi connectivity index (χ4n) is 1.65. The minimum atomic E-state index is -4.27. The van der Waals surface area contributed by atoms with E-state index in [9.17, 15) is 13.2 Å². The van der Waals surface area contributed by atoms with Crippen LogP contribution in [0.5, 0.6) is 0 Å². The summed E-state index contributed by atoms with van der Waals surface area (Å²) in [5.74, 6) is 0. The Morgan fingerprint density at radius 1 is 1.25 bits per heavy atom. The highest BCUT2D eigenvalue weighted by molar-refractivity contribution is 5.32. The van der Waals surface area contributed by atoms with Crippen LogP contribution in [0.3, 0.4) is 0 Å². The standard InChI is InChI=1S/C12H16F3N/c1-4-16-9(3)10-5-8(2)6-11(7-10)12(13,14)15/h5-7,9,16H,4H2,1-3H3. The average molecular weight is 231 g/mol. The summed E-state index contributed by atoms with van der Waals surface area (Å²) in [6.45, 7) is 6.20. The minimum Gasteiger partial charge on any atom is -0.310 e. The van der Waals surface area contributed by atoms with Crippen molar-refractivity contribution in [2.24, 2.45) is 0 Å². The summed E-state index contributed by atoms with van der Waals surface area (Å²) in [6.07, 6.45) is -4.27. The first-order chi connectivity index (χ1) is 7.34. The summed E-state index contributed by atoms with van der Waals surface area (Å²) >= 11 is 0. The number of benzene rings is 1. The summed E-state index contributed by atoms with van der Waals surface area (Å²) in [7, 11) is 0. The molecule has 0 fully saturated rings. The maximum atomic E-state index is 12.6. The minimum absolute atomic E-state index is 0.0639. The quantitative estimate of drug-likeness (QED) is 0.836. The van der Waals surface area contributed by atoms with E-state index in [0.29, 0.717) is 11.1 Å². The van der Waals surface area contributed by atoms with Crippen LogP contribution in [0.2, 0.25) is 0 Å². The summed E-state index contributed by atoms with van der Waals surface area (Å²) in [5, 5.41) is 3.10. The van der Waals surface area contributed by atoms with E-state index in [1.807, 2.05) is 13.8 Å².